The van der Waals surface area contributed by atoms with Crippen molar-refractivity contribution < 1.29 is 31.2 Å². The molecule has 0 bridgehead atoms. The molecule has 1 fully saturated rings. The summed E-state index contributed by atoms with van der Waals surface area (Å²) in [6.45, 7) is -0.268. The van der Waals surface area contributed by atoms with Crippen molar-refractivity contribution in [3.05, 3.63) is 64.7 Å². The number of nitrogens with one attached hydrogen (secondary N) is 2. The highest BCUT2D eigenvalue weighted by Gasteiger charge is 2.40. The van der Waals surface area contributed by atoms with E-state index >= 15 is 0 Å². The molecule has 2 aromatic rings. The van der Waals surface area contributed by atoms with Crippen LogP contribution < -0.4 is 10.9 Å². The molecule has 0 saturated carbocycles. The van der Waals surface area contributed by atoms with Gasteiger partial charge < -0.3 is 0 Å². The Hall–Kier alpha value is -2.63. The number of hydrogen-bond acceptors (Lipinski definition) is 4. The lowest BCUT2D eigenvalue weighted by Gasteiger charge is -2.31. The Kier molecular flexibility index (Phi) is 7.11. The summed E-state index contributed by atoms with van der Waals surface area (Å²) in [4.78, 5) is 23.7. The molecule has 32 heavy (non-hydrogen) atoms. The summed E-state index contributed by atoms with van der Waals surface area (Å²) < 4.78 is 66.2. The van der Waals surface area contributed by atoms with Gasteiger partial charge in [0.2, 0.25) is 15.9 Å². The molecular formula is C20H19ClF3N3O4S. The van der Waals surface area contributed by atoms with Crippen LogP contribution in [0.4, 0.5) is 13.2 Å². The molecule has 0 unspecified atom stereocenters. The third-order valence-corrected chi connectivity index (χ3v) is 7.34. The van der Waals surface area contributed by atoms with Gasteiger partial charge in [0.25, 0.3) is 5.91 Å². The lowest BCUT2D eigenvalue weighted by molar-refractivity contribution is -0.139. The normalized spacial score (nSPS) is 15.9. The number of halogens is 4. The number of amides is 2. The van der Waals surface area contributed by atoms with Gasteiger partial charge in [0.05, 0.1) is 21.0 Å². The zero-order valence-electron chi connectivity index (χ0n) is 16.5. The van der Waals surface area contributed by atoms with E-state index < -0.39 is 44.4 Å². The number of nitrogens with zero attached hydrogens (tertiary/aromatic N) is 1. The van der Waals surface area contributed by atoms with E-state index in [1.165, 1.54) is 18.2 Å². The van der Waals surface area contributed by atoms with Crippen molar-refractivity contribution in [2.45, 2.75) is 23.9 Å². The smallest absolute Gasteiger partial charge is 0.273 e. The highest BCUT2D eigenvalue weighted by molar-refractivity contribution is 7.89. The van der Waals surface area contributed by atoms with Gasteiger partial charge in [0, 0.05) is 19.0 Å². The van der Waals surface area contributed by atoms with E-state index in [0.717, 1.165) is 22.5 Å². The summed E-state index contributed by atoms with van der Waals surface area (Å²) in [6, 6.07) is 10.2. The monoisotopic (exact) mass is 489 g/mol. The molecule has 1 saturated heterocycles. The van der Waals surface area contributed by atoms with Crippen molar-refractivity contribution in [3.8, 4) is 0 Å². The largest absolute Gasteiger partial charge is 0.417 e. The molecule has 172 valence electrons. The predicted molar refractivity (Wildman–Crippen MR) is 110 cm³/mol. The molecule has 12 heteroatoms. The van der Waals surface area contributed by atoms with E-state index in [0.29, 0.717) is 0 Å². The standard InChI is InChI=1S/C20H19ClF3N3O4S/c21-16-7-3-1-5-14(16)19(29)26-25-18(28)13-9-11-27(12-10-13)32(30,31)17-8-4-2-6-15(17)20(22,23)24/h1-8,13H,9-12H2,(H,25,28)(H,26,29). The molecule has 1 heterocycles. The summed E-state index contributed by atoms with van der Waals surface area (Å²) in [5.41, 5.74) is 3.46. The van der Waals surface area contributed by atoms with Gasteiger partial charge in [-0.05, 0) is 37.1 Å². The Morgan fingerprint density at radius 1 is 0.969 bits per heavy atom. The van der Waals surface area contributed by atoms with E-state index in [9.17, 15) is 31.2 Å². The van der Waals surface area contributed by atoms with Gasteiger partial charge in [-0.1, -0.05) is 35.9 Å². The highest BCUT2D eigenvalue weighted by atomic mass is 35.5. The summed E-state index contributed by atoms with van der Waals surface area (Å²) in [5, 5.41) is 0.205. The van der Waals surface area contributed by atoms with Gasteiger partial charge in [0.15, 0.2) is 0 Å². The van der Waals surface area contributed by atoms with Gasteiger partial charge in [-0.25, -0.2) is 8.42 Å². The number of carbonyl (C=O) groups is 2. The number of carbonyl (C=O) groups excluding carboxylic acids is 2. The maximum absolute atomic E-state index is 13.2. The maximum atomic E-state index is 13.2. The second kappa shape index (κ2) is 9.47. The fourth-order valence-electron chi connectivity index (χ4n) is 3.36. The zero-order chi connectivity index (χ0) is 23.5. The highest BCUT2D eigenvalue weighted by Crippen LogP contribution is 2.36. The molecule has 0 radical (unpaired) electrons. The van der Waals surface area contributed by atoms with Crippen LogP contribution in [0, 0.1) is 5.92 Å². The Labute approximate surface area is 187 Å². The minimum Gasteiger partial charge on any atom is -0.273 e. The summed E-state index contributed by atoms with van der Waals surface area (Å²) >= 11 is 5.93. The molecular weight excluding hydrogens is 471 g/mol. The first-order chi connectivity index (χ1) is 15.0. The van der Waals surface area contributed by atoms with E-state index in [1.807, 2.05) is 0 Å². The van der Waals surface area contributed by atoms with Crippen LogP contribution in [0.2, 0.25) is 5.02 Å². The van der Waals surface area contributed by atoms with Gasteiger partial charge >= 0.3 is 6.18 Å². The molecule has 2 N–H and O–H groups in total. The molecule has 0 spiro atoms. The zero-order valence-corrected chi connectivity index (χ0v) is 18.1. The topological polar surface area (TPSA) is 95.6 Å². The van der Waals surface area contributed by atoms with Gasteiger partial charge in [0.1, 0.15) is 0 Å². The van der Waals surface area contributed by atoms with Crippen molar-refractivity contribution >= 4 is 33.4 Å². The van der Waals surface area contributed by atoms with Crippen LogP contribution in [0.5, 0.6) is 0 Å². The lowest BCUT2D eigenvalue weighted by Crippen LogP contribution is -2.48. The number of hydrazine groups is 1. The molecule has 1 aliphatic rings. The predicted octanol–water partition coefficient (Wildman–Crippen LogP) is 3.22. The van der Waals surface area contributed by atoms with Gasteiger partial charge in [-0.15, -0.1) is 0 Å². The Balaban J connectivity index is 1.61. The molecule has 0 atom stereocenters. The summed E-state index contributed by atoms with van der Waals surface area (Å²) in [5.74, 6) is -1.77. The van der Waals surface area contributed by atoms with Gasteiger partial charge in [-0.2, -0.15) is 17.5 Å². The first kappa shape index (κ1) is 24.0. The molecule has 1 aliphatic heterocycles. The Morgan fingerprint density at radius 3 is 2.19 bits per heavy atom. The van der Waals surface area contributed by atoms with Crippen LogP contribution in [-0.4, -0.2) is 37.6 Å². The first-order valence-corrected chi connectivity index (χ1v) is 11.3. The van der Waals surface area contributed by atoms with Crippen LogP contribution >= 0.6 is 11.6 Å². The van der Waals surface area contributed by atoms with Crippen molar-refractivity contribution in [1.29, 1.82) is 0 Å². The van der Waals surface area contributed by atoms with Crippen LogP contribution in [0.3, 0.4) is 0 Å². The van der Waals surface area contributed by atoms with Gasteiger partial charge in [-0.3, -0.25) is 20.4 Å². The van der Waals surface area contributed by atoms with E-state index in [1.54, 1.807) is 12.1 Å². The van der Waals surface area contributed by atoms with E-state index in [-0.39, 0.29) is 36.5 Å². The third kappa shape index (κ3) is 5.22. The quantitative estimate of drug-likeness (QED) is 0.645. The molecule has 7 nitrogen and oxygen atoms in total. The number of hydrogen-bond donors (Lipinski definition) is 2. The number of alkyl halides is 3. The van der Waals surface area contributed by atoms with Crippen molar-refractivity contribution in [3.63, 3.8) is 0 Å². The SMILES string of the molecule is O=C(NNC(=O)C1CCN(S(=O)(=O)c2ccccc2C(F)(F)F)CC1)c1ccccc1Cl. The minimum absolute atomic E-state index is 0.0845. The average molecular weight is 490 g/mol. The van der Waals surface area contributed by atoms with Crippen LogP contribution in [0.25, 0.3) is 0 Å². The molecule has 2 aromatic carbocycles. The van der Waals surface area contributed by atoms with Crippen LogP contribution in [0.15, 0.2) is 53.4 Å². The average Bonchev–Trinajstić information content (AvgIpc) is 2.77. The molecule has 0 aromatic heterocycles. The summed E-state index contributed by atoms with van der Waals surface area (Å²) in [7, 11) is -4.39. The minimum atomic E-state index is -4.82. The molecule has 0 aliphatic carbocycles. The summed E-state index contributed by atoms with van der Waals surface area (Å²) in [6.07, 6.45) is -4.65. The fourth-order valence-corrected chi connectivity index (χ4v) is 5.26. The Morgan fingerprint density at radius 2 is 1.56 bits per heavy atom. The van der Waals surface area contributed by atoms with Crippen molar-refractivity contribution in [1.82, 2.24) is 15.2 Å². The number of rotatable bonds is 4. The fraction of sp³-hybridized carbons (Fsp3) is 0.300. The van der Waals surface area contributed by atoms with Crippen molar-refractivity contribution in [2.24, 2.45) is 5.92 Å². The van der Waals surface area contributed by atoms with Crippen molar-refractivity contribution in [2.75, 3.05) is 13.1 Å². The van der Waals surface area contributed by atoms with E-state index in [2.05, 4.69) is 10.9 Å². The molecule has 2 amide bonds. The number of benzene rings is 2. The first-order valence-electron chi connectivity index (χ1n) is 9.53. The molecule has 3 rings (SSSR count). The van der Waals surface area contributed by atoms with E-state index in [4.69, 9.17) is 11.6 Å². The lowest BCUT2D eigenvalue weighted by atomic mass is 9.98. The van der Waals surface area contributed by atoms with Crippen LogP contribution in [0.1, 0.15) is 28.8 Å². The second-order valence-corrected chi connectivity index (χ2v) is 9.41. The number of piperidine rings is 1. The number of sulfonamides is 1. The maximum Gasteiger partial charge on any atom is 0.417 e. The second-order valence-electron chi connectivity index (χ2n) is 7.10. The Bertz CT molecular complexity index is 1120. The van der Waals surface area contributed by atoms with Crippen LogP contribution in [-0.2, 0) is 21.0 Å². The third-order valence-electron chi connectivity index (χ3n) is 5.05.